The molecule has 0 N–H and O–H groups in total. The summed E-state index contributed by atoms with van der Waals surface area (Å²) in [5.41, 5.74) is 0. The first-order chi connectivity index (χ1) is 7.31. The van der Waals surface area contributed by atoms with Crippen molar-refractivity contribution in [2.45, 2.75) is 32.9 Å². The van der Waals surface area contributed by atoms with Crippen LogP contribution in [-0.4, -0.2) is 50.4 Å². The smallest absolute Gasteiger partial charge is 0.310 e. The fraction of sp³-hybridized carbons (Fsp3) is 0.818. The minimum absolute atomic E-state index is 0.0991. The van der Waals surface area contributed by atoms with Gasteiger partial charge in [-0.1, -0.05) is 13.8 Å². The number of hydrogen-bond acceptors (Lipinski definition) is 4. The molecule has 0 saturated heterocycles. The third-order valence-corrected chi connectivity index (χ3v) is 2.10. The van der Waals surface area contributed by atoms with Gasteiger partial charge < -0.3 is 9.47 Å². The van der Waals surface area contributed by atoms with E-state index in [0.717, 1.165) is 0 Å². The zero-order valence-corrected chi connectivity index (χ0v) is 10.8. The average Bonchev–Trinajstić information content (AvgIpc) is 2.21. The normalized spacial score (nSPS) is 13.1. The van der Waals surface area contributed by atoms with E-state index >= 15 is 0 Å². The Morgan fingerprint density at radius 1 is 1.06 bits per heavy atom. The highest BCUT2D eigenvalue weighted by Gasteiger charge is 2.28. The Bertz CT molecular complexity index is 245. The zero-order valence-electron chi connectivity index (χ0n) is 10.8. The SMILES string of the molecule is CCC(=O)OCC(OC(=O)CC)[N+](C)(C)C. The second-order valence-electron chi connectivity index (χ2n) is 4.45. The number of carbonyl (C=O) groups is 2. The van der Waals surface area contributed by atoms with Crippen molar-refractivity contribution in [1.82, 2.24) is 0 Å². The molecule has 1 unspecified atom stereocenters. The van der Waals surface area contributed by atoms with Crippen LogP contribution in [0.4, 0.5) is 0 Å². The van der Waals surface area contributed by atoms with E-state index in [9.17, 15) is 9.59 Å². The van der Waals surface area contributed by atoms with Gasteiger partial charge in [-0.25, -0.2) is 0 Å². The van der Waals surface area contributed by atoms with Crippen LogP contribution in [-0.2, 0) is 19.1 Å². The van der Waals surface area contributed by atoms with Gasteiger partial charge in [-0.15, -0.1) is 0 Å². The van der Waals surface area contributed by atoms with Crippen LogP contribution in [0.5, 0.6) is 0 Å². The van der Waals surface area contributed by atoms with Crippen LogP contribution in [0.25, 0.3) is 0 Å². The van der Waals surface area contributed by atoms with E-state index in [-0.39, 0.29) is 18.5 Å². The van der Waals surface area contributed by atoms with Gasteiger partial charge in [-0.3, -0.25) is 14.1 Å². The predicted octanol–water partition coefficient (Wildman–Crippen LogP) is 0.925. The Morgan fingerprint density at radius 3 is 1.94 bits per heavy atom. The quantitative estimate of drug-likeness (QED) is 0.388. The molecule has 0 amide bonds. The van der Waals surface area contributed by atoms with E-state index < -0.39 is 6.23 Å². The number of hydrogen-bond donors (Lipinski definition) is 0. The van der Waals surface area contributed by atoms with Crippen molar-refractivity contribution in [2.24, 2.45) is 0 Å². The molecule has 0 aromatic heterocycles. The molecular weight excluding hydrogens is 210 g/mol. The third-order valence-electron chi connectivity index (χ3n) is 2.10. The number of carbonyl (C=O) groups excluding carboxylic acids is 2. The monoisotopic (exact) mass is 232 g/mol. The first-order valence-corrected chi connectivity index (χ1v) is 5.47. The van der Waals surface area contributed by atoms with Crippen LogP contribution in [0.15, 0.2) is 0 Å². The molecule has 5 heteroatoms. The van der Waals surface area contributed by atoms with Crippen LogP contribution >= 0.6 is 0 Å². The molecule has 0 fully saturated rings. The Labute approximate surface area is 96.9 Å². The second-order valence-corrected chi connectivity index (χ2v) is 4.45. The van der Waals surface area contributed by atoms with Gasteiger partial charge in [0.05, 0.1) is 21.1 Å². The molecule has 0 heterocycles. The average molecular weight is 232 g/mol. The molecule has 0 saturated carbocycles. The lowest BCUT2D eigenvalue weighted by Gasteiger charge is -2.32. The molecular formula is C11H22NO4+. The molecule has 16 heavy (non-hydrogen) atoms. The summed E-state index contributed by atoms with van der Waals surface area (Å²) >= 11 is 0. The Balaban J connectivity index is 4.33. The van der Waals surface area contributed by atoms with Crippen molar-refractivity contribution >= 4 is 11.9 Å². The van der Waals surface area contributed by atoms with Gasteiger partial charge in [-0.05, 0) is 0 Å². The Hall–Kier alpha value is -1.10. The Morgan fingerprint density at radius 2 is 1.56 bits per heavy atom. The van der Waals surface area contributed by atoms with E-state index in [4.69, 9.17) is 9.47 Å². The van der Waals surface area contributed by atoms with Crippen LogP contribution in [0.3, 0.4) is 0 Å². The summed E-state index contributed by atoms with van der Waals surface area (Å²) in [4.78, 5) is 22.2. The van der Waals surface area contributed by atoms with Crippen molar-refractivity contribution in [3.8, 4) is 0 Å². The summed E-state index contributed by atoms with van der Waals surface area (Å²) in [6, 6.07) is 0. The van der Waals surface area contributed by atoms with E-state index in [1.165, 1.54) is 0 Å². The second kappa shape index (κ2) is 6.48. The number of nitrogens with zero attached hydrogens (tertiary/aromatic N) is 1. The molecule has 0 aliphatic heterocycles. The molecule has 0 rings (SSSR count). The van der Waals surface area contributed by atoms with Crippen LogP contribution < -0.4 is 0 Å². The van der Waals surface area contributed by atoms with Gasteiger partial charge in [0.25, 0.3) is 6.23 Å². The molecule has 0 aromatic rings. The lowest BCUT2D eigenvalue weighted by molar-refractivity contribution is -0.917. The molecule has 94 valence electrons. The standard InChI is InChI=1S/C11H22NO4/c1-6-10(13)15-8-9(12(3,4)5)16-11(14)7-2/h9H,6-8H2,1-5H3/q+1. The highest BCUT2D eigenvalue weighted by atomic mass is 16.6. The van der Waals surface area contributed by atoms with Gasteiger partial charge in [0, 0.05) is 12.8 Å². The minimum Gasteiger partial charge on any atom is -0.455 e. The van der Waals surface area contributed by atoms with Gasteiger partial charge in [-0.2, -0.15) is 0 Å². The van der Waals surface area contributed by atoms with Crippen LogP contribution in [0.2, 0.25) is 0 Å². The number of ether oxygens (including phenoxy) is 2. The summed E-state index contributed by atoms with van der Waals surface area (Å²) in [7, 11) is 5.65. The predicted molar refractivity (Wildman–Crippen MR) is 59.5 cm³/mol. The summed E-state index contributed by atoms with van der Waals surface area (Å²) in [5.74, 6) is -0.573. The fourth-order valence-electron chi connectivity index (χ4n) is 0.917. The lowest BCUT2D eigenvalue weighted by Crippen LogP contribution is -2.50. The topological polar surface area (TPSA) is 52.6 Å². The molecule has 0 spiro atoms. The number of esters is 2. The van der Waals surface area contributed by atoms with Gasteiger partial charge >= 0.3 is 11.9 Å². The maximum absolute atomic E-state index is 11.2. The summed E-state index contributed by atoms with van der Waals surface area (Å²) in [5, 5.41) is 0. The lowest BCUT2D eigenvalue weighted by atomic mass is 10.4. The first kappa shape index (κ1) is 14.9. The first-order valence-electron chi connectivity index (χ1n) is 5.47. The van der Waals surface area contributed by atoms with E-state index in [1.807, 2.05) is 21.1 Å². The minimum atomic E-state index is -0.456. The molecule has 0 radical (unpaired) electrons. The largest absolute Gasteiger partial charge is 0.455 e. The van der Waals surface area contributed by atoms with Crippen molar-refractivity contribution in [3.63, 3.8) is 0 Å². The van der Waals surface area contributed by atoms with Gasteiger partial charge in [0.1, 0.15) is 0 Å². The van der Waals surface area contributed by atoms with E-state index in [1.54, 1.807) is 13.8 Å². The fourth-order valence-corrected chi connectivity index (χ4v) is 0.917. The van der Waals surface area contributed by atoms with E-state index in [2.05, 4.69) is 0 Å². The summed E-state index contributed by atoms with van der Waals surface area (Å²) in [6.07, 6.45) is 0.187. The summed E-state index contributed by atoms with van der Waals surface area (Å²) in [6.45, 7) is 3.55. The van der Waals surface area contributed by atoms with Gasteiger partial charge in [0.2, 0.25) is 0 Å². The van der Waals surface area contributed by atoms with Crippen molar-refractivity contribution < 1.29 is 23.5 Å². The zero-order chi connectivity index (χ0) is 12.8. The van der Waals surface area contributed by atoms with Gasteiger partial charge in [0.15, 0.2) is 6.61 Å². The van der Waals surface area contributed by atoms with Crippen LogP contribution in [0, 0.1) is 0 Å². The molecule has 1 atom stereocenters. The number of quaternary nitrogens is 1. The van der Waals surface area contributed by atoms with Crippen LogP contribution in [0.1, 0.15) is 26.7 Å². The highest BCUT2D eigenvalue weighted by molar-refractivity contribution is 5.69. The van der Waals surface area contributed by atoms with Crippen molar-refractivity contribution in [3.05, 3.63) is 0 Å². The van der Waals surface area contributed by atoms with Crippen molar-refractivity contribution in [2.75, 3.05) is 27.7 Å². The maximum atomic E-state index is 11.2. The number of rotatable bonds is 6. The molecule has 0 aromatic carbocycles. The van der Waals surface area contributed by atoms with Crippen molar-refractivity contribution in [1.29, 1.82) is 0 Å². The van der Waals surface area contributed by atoms with E-state index in [0.29, 0.717) is 17.3 Å². The highest BCUT2D eigenvalue weighted by Crippen LogP contribution is 2.07. The molecule has 0 aliphatic rings. The molecule has 0 bridgehead atoms. The molecule has 5 nitrogen and oxygen atoms in total. The summed E-state index contributed by atoms with van der Waals surface area (Å²) < 4.78 is 10.6. The molecule has 0 aliphatic carbocycles. The number of likely N-dealkylation sites (N-methyl/N-ethyl adjacent to an activating group) is 1. The Kier molecular flexibility index (Phi) is 6.03. The maximum Gasteiger partial charge on any atom is 0.310 e. The third kappa shape index (κ3) is 5.70.